The van der Waals surface area contributed by atoms with Gasteiger partial charge in [-0.2, -0.15) is 0 Å². The number of nitrogens with two attached hydrogens (primary N) is 1. The van der Waals surface area contributed by atoms with Crippen LogP contribution in [0.15, 0.2) is 0 Å². The minimum absolute atomic E-state index is 0.878. The van der Waals surface area contributed by atoms with Crippen LogP contribution < -0.4 is 5.73 Å². The van der Waals surface area contributed by atoms with E-state index in [0.29, 0.717) is 0 Å². The first-order valence-corrected chi connectivity index (χ1v) is 7.13. The van der Waals surface area contributed by atoms with E-state index in [1.807, 2.05) is 0 Å². The molecule has 1 fully saturated rings. The van der Waals surface area contributed by atoms with Gasteiger partial charge in [0, 0.05) is 0 Å². The van der Waals surface area contributed by atoms with E-state index in [1.165, 1.54) is 77.0 Å². The van der Waals surface area contributed by atoms with Crippen LogP contribution in [0.4, 0.5) is 0 Å². The monoisotopic (exact) mass is 211 g/mol. The summed E-state index contributed by atoms with van der Waals surface area (Å²) in [6.07, 6.45) is 17.4. The molecule has 90 valence electrons. The Balaban J connectivity index is 1.97. The molecule has 0 saturated heterocycles. The van der Waals surface area contributed by atoms with Crippen molar-refractivity contribution in [2.24, 2.45) is 11.7 Å². The molecular weight excluding hydrogens is 182 g/mol. The second-order valence-electron chi connectivity index (χ2n) is 5.20. The van der Waals surface area contributed by atoms with Crippen molar-refractivity contribution in [3.05, 3.63) is 0 Å². The molecule has 0 unspecified atom stereocenters. The third-order valence-corrected chi connectivity index (χ3v) is 3.79. The predicted octanol–water partition coefficient (Wildman–Crippen LogP) is 4.26. The molecule has 0 bridgehead atoms. The van der Waals surface area contributed by atoms with E-state index < -0.39 is 0 Å². The van der Waals surface area contributed by atoms with Gasteiger partial charge in [-0.25, -0.2) is 0 Å². The van der Waals surface area contributed by atoms with Gasteiger partial charge < -0.3 is 5.73 Å². The predicted molar refractivity (Wildman–Crippen MR) is 67.9 cm³/mol. The van der Waals surface area contributed by atoms with Gasteiger partial charge in [0.15, 0.2) is 0 Å². The van der Waals surface area contributed by atoms with Gasteiger partial charge in [-0.15, -0.1) is 0 Å². The highest BCUT2D eigenvalue weighted by atomic mass is 14.5. The zero-order chi connectivity index (χ0) is 10.8. The molecule has 15 heavy (non-hydrogen) atoms. The Hall–Kier alpha value is -0.0400. The van der Waals surface area contributed by atoms with Crippen molar-refractivity contribution >= 4 is 0 Å². The molecule has 0 radical (unpaired) electrons. The molecule has 1 heteroatoms. The van der Waals surface area contributed by atoms with Crippen LogP contribution in [-0.2, 0) is 0 Å². The molecule has 1 aliphatic carbocycles. The molecule has 0 aliphatic heterocycles. The normalized spacial score (nSPS) is 19.8. The summed E-state index contributed by atoms with van der Waals surface area (Å²) in [6.45, 7) is 0.878. The zero-order valence-electron chi connectivity index (χ0n) is 10.3. The van der Waals surface area contributed by atoms with Crippen molar-refractivity contribution < 1.29 is 0 Å². The molecule has 0 heterocycles. The lowest BCUT2D eigenvalue weighted by Crippen LogP contribution is -2.04. The van der Waals surface area contributed by atoms with Crippen LogP contribution in [0.1, 0.15) is 77.0 Å². The summed E-state index contributed by atoms with van der Waals surface area (Å²) in [5, 5.41) is 0. The maximum absolute atomic E-state index is 5.49. The first-order chi connectivity index (χ1) is 7.43. The van der Waals surface area contributed by atoms with Crippen molar-refractivity contribution in [2.75, 3.05) is 6.54 Å². The van der Waals surface area contributed by atoms with Gasteiger partial charge in [-0.3, -0.25) is 0 Å². The number of hydrogen-bond acceptors (Lipinski definition) is 1. The minimum Gasteiger partial charge on any atom is -0.330 e. The molecule has 2 N–H and O–H groups in total. The maximum atomic E-state index is 5.49. The zero-order valence-corrected chi connectivity index (χ0v) is 10.3. The first kappa shape index (κ1) is 13.0. The van der Waals surface area contributed by atoms with Gasteiger partial charge in [0.25, 0.3) is 0 Å². The van der Waals surface area contributed by atoms with E-state index in [1.54, 1.807) is 0 Å². The third-order valence-electron chi connectivity index (χ3n) is 3.79. The smallest absolute Gasteiger partial charge is 0.00773 e. The van der Waals surface area contributed by atoms with Gasteiger partial charge in [0.2, 0.25) is 0 Å². The van der Waals surface area contributed by atoms with Gasteiger partial charge in [-0.1, -0.05) is 70.6 Å². The fourth-order valence-corrected chi connectivity index (χ4v) is 2.76. The van der Waals surface area contributed by atoms with E-state index in [0.717, 1.165) is 12.5 Å². The Bertz CT molecular complexity index is 125. The SMILES string of the molecule is NCCCCCCC1CCCCCCC1. The molecule has 1 aliphatic rings. The topological polar surface area (TPSA) is 26.0 Å². The average Bonchev–Trinajstić information content (AvgIpc) is 2.20. The molecule has 0 spiro atoms. The van der Waals surface area contributed by atoms with E-state index >= 15 is 0 Å². The highest BCUT2D eigenvalue weighted by Gasteiger charge is 2.10. The Morgan fingerprint density at radius 1 is 0.733 bits per heavy atom. The van der Waals surface area contributed by atoms with Crippen molar-refractivity contribution in [1.82, 2.24) is 0 Å². The second kappa shape index (κ2) is 9.21. The minimum atomic E-state index is 0.878. The molecule has 0 aromatic carbocycles. The van der Waals surface area contributed by atoms with Gasteiger partial charge in [-0.05, 0) is 18.9 Å². The quantitative estimate of drug-likeness (QED) is 0.653. The van der Waals surface area contributed by atoms with Crippen molar-refractivity contribution in [3.8, 4) is 0 Å². The molecule has 1 rings (SSSR count). The lowest BCUT2D eigenvalue weighted by atomic mass is 9.87. The van der Waals surface area contributed by atoms with Crippen molar-refractivity contribution in [1.29, 1.82) is 0 Å². The lowest BCUT2D eigenvalue weighted by Gasteiger charge is -2.19. The van der Waals surface area contributed by atoms with E-state index in [4.69, 9.17) is 5.73 Å². The molecular formula is C14H29N. The van der Waals surface area contributed by atoms with Crippen molar-refractivity contribution in [2.45, 2.75) is 77.0 Å². The van der Waals surface area contributed by atoms with E-state index in [9.17, 15) is 0 Å². The fourth-order valence-electron chi connectivity index (χ4n) is 2.76. The Morgan fingerprint density at radius 2 is 1.33 bits per heavy atom. The van der Waals surface area contributed by atoms with Gasteiger partial charge in [0.05, 0.1) is 0 Å². The fraction of sp³-hybridized carbons (Fsp3) is 1.00. The molecule has 1 nitrogen and oxygen atoms in total. The molecule has 0 aromatic rings. The molecule has 0 atom stereocenters. The highest BCUT2D eigenvalue weighted by Crippen LogP contribution is 2.26. The standard InChI is InChI=1S/C14H29N/c15-13-9-5-4-8-12-14-10-6-2-1-3-7-11-14/h14H,1-13,15H2. The van der Waals surface area contributed by atoms with Crippen LogP contribution in [0, 0.1) is 5.92 Å². The van der Waals surface area contributed by atoms with E-state index in [2.05, 4.69) is 0 Å². The molecule has 0 aromatic heterocycles. The van der Waals surface area contributed by atoms with Crippen LogP contribution in [0.5, 0.6) is 0 Å². The van der Waals surface area contributed by atoms with Crippen molar-refractivity contribution in [3.63, 3.8) is 0 Å². The largest absolute Gasteiger partial charge is 0.330 e. The molecule has 1 saturated carbocycles. The Labute approximate surface area is 95.8 Å². The van der Waals surface area contributed by atoms with Crippen LogP contribution in [0.3, 0.4) is 0 Å². The summed E-state index contributed by atoms with van der Waals surface area (Å²) in [5.74, 6) is 1.06. The summed E-state index contributed by atoms with van der Waals surface area (Å²) in [7, 11) is 0. The lowest BCUT2D eigenvalue weighted by molar-refractivity contribution is 0.347. The molecule has 0 amide bonds. The Morgan fingerprint density at radius 3 is 2.00 bits per heavy atom. The number of hydrogen-bond donors (Lipinski definition) is 1. The summed E-state index contributed by atoms with van der Waals surface area (Å²) in [5.41, 5.74) is 5.49. The highest BCUT2D eigenvalue weighted by molar-refractivity contribution is 4.64. The third kappa shape index (κ3) is 6.94. The van der Waals surface area contributed by atoms with Gasteiger partial charge >= 0.3 is 0 Å². The Kier molecular flexibility index (Phi) is 7.99. The average molecular weight is 211 g/mol. The van der Waals surface area contributed by atoms with Crippen LogP contribution >= 0.6 is 0 Å². The van der Waals surface area contributed by atoms with Crippen LogP contribution in [0.2, 0.25) is 0 Å². The maximum Gasteiger partial charge on any atom is -0.00773 e. The van der Waals surface area contributed by atoms with Crippen LogP contribution in [-0.4, -0.2) is 6.54 Å². The van der Waals surface area contributed by atoms with Crippen LogP contribution in [0.25, 0.3) is 0 Å². The summed E-state index contributed by atoms with van der Waals surface area (Å²) in [4.78, 5) is 0. The number of rotatable bonds is 6. The van der Waals surface area contributed by atoms with Gasteiger partial charge in [0.1, 0.15) is 0 Å². The number of unbranched alkanes of at least 4 members (excludes halogenated alkanes) is 3. The van der Waals surface area contributed by atoms with E-state index in [-0.39, 0.29) is 0 Å². The summed E-state index contributed by atoms with van der Waals surface area (Å²) >= 11 is 0. The second-order valence-corrected chi connectivity index (χ2v) is 5.20. The summed E-state index contributed by atoms with van der Waals surface area (Å²) in [6, 6.07) is 0. The summed E-state index contributed by atoms with van der Waals surface area (Å²) < 4.78 is 0. The first-order valence-electron chi connectivity index (χ1n) is 7.13.